The third kappa shape index (κ3) is 4.03. The maximum Gasteiger partial charge on any atom is 0.289 e. The molecule has 2 heterocycles. The van der Waals surface area contributed by atoms with Gasteiger partial charge in [0.1, 0.15) is 0 Å². The van der Waals surface area contributed by atoms with Gasteiger partial charge in [0.15, 0.2) is 11.5 Å². The van der Waals surface area contributed by atoms with Crippen molar-refractivity contribution in [3.05, 3.63) is 58.0 Å². The summed E-state index contributed by atoms with van der Waals surface area (Å²) in [7, 11) is 0. The number of morpholine rings is 1. The molecular weight excluding hydrogens is 402 g/mol. The van der Waals surface area contributed by atoms with E-state index in [4.69, 9.17) is 9.15 Å². The van der Waals surface area contributed by atoms with E-state index in [1.807, 2.05) is 20.8 Å². The van der Waals surface area contributed by atoms with Gasteiger partial charge in [0.05, 0.1) is 12.2 Å². The van der Waals surface area contributed by atoms with Crippen molar-refractivity contribution in [2.24, 2.45) is 0 Å². The van der Waals surface area contributed by atoms with E-state index in [0.29, 0.717) is 18.7 Å². The zero-order valence-electron chi connectivity index (χ0n) is 20.4. The fraction of sp³-hybridized carbons (Fsp3) is 0.556. The van der Waals surface area contributed by atoms with Crippen LogP contribution in [0.4, 0.5) is 0 Å². The Balaban J connectivity index is 1.64. The Hall–Kier alpha value is -2.40. The number of rotatable bonds is 3. The van der Waals surface area contributed by atoms with Gasteiger partial charge in [-0.3, -0.25) is 9.59 Å². The summed E-state index contributed by atoms with van der Waals surface area (Å²) in [6.45, 7) is 16.0. The third-order valence-corrected chi connectivity index (χ3v) is 7.19. The average molecular weight is 438 g/mol. The van der Waals surface area contributed by atoms with Crippen molar-refractivity contribution in [2.45, 2.75) is 84.3 Å². The largest absolute Gasteiger partial charge is 0.447 e. The Labute approximate surface area is 191 Å². The lowest BCUT2D eigenvalue weighted by atomic mass is 9.62. The summed E-state index contributed by atoms with van der Waals surface area (Å²) >= 11 is 0. The number of fused-ring (bicyclic) bond motifs is 1. The fourth-order valence-corrected chi connectivity index (χ4v) is 5.17. The first-order chi connectivity index (χ1) is 14.9. The topological polar surface area (TPSA) is 59.8 Å². The van der Waals surface area contributed by atoms with Crippen molar-refractivity contribution in [3.63, 3.8) is 0 Å². The van der Waals surface area contributed by atoms with E-state index in [0.717, 1.165) is 18.4 Å². The quantitative estimate of drug-likeness (QED) is 0.602. The van der Waals surface area contributed by atoms with E-state index in [-0.39, 0.29) is 46.2 Å². The van der Waals surface area contributed by atoms with Crippen LogP contribution in [0, 0.1) is 6.92 Å². The molecule has 1 aliphatic carbocycles. The summed E-state index contributed by atoms with van der Waals surface area (Å²) in [5.41, 5.74) is 4.27. The second-order valence-corrected chi connectivity index (χ2v) is 10.9. The predicted molar refractivity (Wildman–Crippen MR) is 125 cm³/mol. The first kappa shape index (κ1) is 22.8. The number of amides is 1. The highest BCUT2D eigenvalue weighted by atomic mass is 16.5. The van der Waals surface area contributed by atoms with Gasteiger partial charge in [-0.2, -0.15) is 0 Å². The van der Waals surface area contributed by atoms with Gasteiger partial charge in [0, 0.05) is 18.7 Å². The lowest BCUT2D eigenvalue weighted by Crippen LogP contribution is -2.48. The standard InChI is InChI=1S/C27H35NO4/c1-16-12-20-21(27(6,7)11-10-26(20,4)5)13-19(16)24(29)22-8-9-23(32-22)25(30)28-14-17(2)31-18(3)15-28/h8-9,12-13,17-18H,10-11,14-15H2,1-7H3. The molecule has 1 aliphatic heterocycles. The number of hydrogen-bond acceptors (Lipinski definition) is 4. The number of ether oxygens (including phenoxy) is 1. The maximum absolute atomic E-state index is 13.4. The fourth-order valence-electron chi connectivity index (χ4n) is 5.17. The van der Waals surface area contributed by atoms with E-state index in [1.54, 1.807) is 17.0 Å². The molecule has 1 aromatic heterocycles. The summed E-state index contributed by atoms with van der Waals surface area (Å²) in [5, 5.41) is 0. The molecule has 0 radical (unpaired) electrons. The molecule has 1 aromatic carbocycles. The van der Waals surface area contributed by atoms with Crippen LogP contribution >= 0.6 is 0 Å². The molecule has 4 rings (SSSR count). The maximum atomic E-state index is 13.4. The van der Waals surface area contributed by atoms with Gasteiger partial charge in [0.25, 0.3) is 5.91 Å². The highest BCUT2D eigenvalue weighted by Gasteiger charge is 2.38. The molecule has 0 bridgehead atoms. The molecule has 2 unspecified atom stereocenters. The normalized spacial score (nSPS) is 24.2. The number of ketones is 1. The summed E-state index contributed by atoms with van der Waals surface area (Å²) in [6, 6.07) is 7.47. The van der Waals surface area contributed by atoms with Crippen molar-refractivity contribution in [1.82, 2.24) is 4.90 Å². The molecule has 0 spiro atoms. The van der Waals surface area contributed by atoms with Gasteiger partial charge in [-0.05, 0) is 79.3 Å². The number of nitrogens with zero attached hydrogens (tertiary/aromatic N) is 1. The van der Waals surface area contributed by atoms with Crippen molar-refractivity contribution < 1.29 is 18.7 Å². The van der Waals surface area contributed by atoms with Gasteiger partial charge in [-0.25, -0.2) is 0 Å². The van der Waals surface area contributed by atoms with Gasteiger partial charge in [-0.1, -0.05) is 33.8 Å². The Bertz CT molecular complexity index is 1050. The van der Waals surface area contributed by atoms with Gasteiger partial charge in [0.2, 0.25) is 5.78 Å². The minimum atomic E-state index is -0.198. The van der Waals surface area contributed by atoms with Crippen LogP contribution in [0.3, 0.4) is 0 Å². The molecular formula is C27H35NO4. The van der Waals surface area contributed by atoms with Crippen molar-refractivity contribution in [3.8, 4) is 0 Å². The van der Waals surface area contributed by atoms with E-state index >= 15 is 0 Å². The van der Waals surface area contributed by atoms with Gasteiger partial charge >= 0.3 is 0 Å². The second kappa shape index (κ2) is 7.87. The smallest absolute Gasteiger partial charge is 0.289 e. The van der Waals surface area contributed by atoms with E-state index in [2.05, 4.69) is 39.8 Å². The van der Waals surface area contributed by atoms with Gasteiger partial charge in [-0.15, -0.1) is 0 Å². The summed E-state index contributed by atoms with van der Waals surface area (Å²) in [6.07, 6.45) is 2.16. The highest BCUT2D eigenvalue weighted by Crippen LogP contribution is 2.46. The molecule has 1 fully saturated rings. The molecule has 5 heteroatoms. The van der Waals surface area contributed by atoms with E-state index in [9.17, 15) is 9.59 Å². The number of carbonyl (C=O) groups excluding carboxylic acids is 2. The molecule has 172 valence electrons. The Morgan fingerprint density at radius 2 is 1.44 bits per heavy atom. The SMILES string of the molecule is Cc1cc2c(cc1C(=O)c1ccc(C(=O)N3CC(C)OC(C)C3)o1)C(C)(C)CCC2(C)C. The molecule has 0 saturated carbocycles. The summed E-state index contributed by atoms with van der Waals surface area (Å²) < 4.78 is 11.5. The van der Waals surface area contributed by atoms with Crippen LogP contribution < -0.4 is 0 Å². The molecule has 32 heavy (non-hydrogen) atoms. The molecule has 2 atom stereocenters. The summed E-state index contributed by atoms with van der Waals surface area (Å²) in [5.74, 6) is 0.0358. The number of aryl methyl sites for hydroxylation is 1. The van der Waals surface area contributed by atoms with Crippen molar-refractivity contribution in [1.29, 1.82) is 0 Å². The minimum absolute atomic E-state index is 0.0155. The van der Waals surface area contributed by atoms with Crippen molar-refractivity contribution >= 4 is 11.7 Å². The first-order valence-electron chi connectivity index (χ1n) is 11.6. The number of furan rings is 1. The Morgan fingerprint density at radius 1 is 0.906 bits per heavy atom. The molecule has 0 N–H and O–H groups in total. The molecule has 1 amide bonds. The summed E-state index contributed by atoms with van der Waals surface area (Å²) in [4.78, 5) is 28.1. The second-order valence-electron chi connectivity index (χ2n) is 10.9. The number of hydrogen-bond donors (Lipinski definition) is 0. The van der Waals surface area contributed by atoms with E-state index < -0.39 is 0 Å². The van der Waals surface area contributed by atoms with Crippen LogP contribution in [-0.2, 0) is 15.6 Å². The molecule has 2 aliphatic rings. The number of carbonyl (C=O) groups is 2. The van der Waals surface area contributed by atoms with E-state index in [1.165, 1.54) is 11.1 Å². The Kier molecular flexibility index (Phi) is 5.61. The lowest BCUT2D eigenvalue weighted by Gasteiger charge is -2.42. The minimum Gasteiger partial charge on any atom is -0.447 e. The molecule has 1 saturated heterocycles. The highest BCUT2D eigenvalue weighted by molar-refractivity contribution is 6.09. The average Bonchev–Trinajstić information content (AvgIpc) is 3.19. The zero-order valence-corrected chi connectivity index (χ0v) is 20.4. The lowest BCUT2D eigenvalue weighted by molar-refractivity contribution is -0.0592. The first-order valence-corrected chi connectivity index (χ1v) is 11.6. The molecule has 2 aromatic rings. The third-order valence-electron chi connectivity index (χ3n) is 7.19. The van der Waals surface area contributed by atoms with Crippen LogP contribution in [0.25, 0.3) is 0 Å². The number of benzene rings is 1. The van der Waals surface area contributed by atoms with Crippen LogP contribution in [0.15, 0.2) is 28.7 Å². The monoisotopic (exact) mass is 437 g/mol. The Morgan fingerprint density at radius 3 is 2.03 bits per heavy atom. The zero-order chi connectivity index (χ0) is 23.4. The van der Waals surface area contributed by atoms with Crippen LogP contribution in [0.2, 0.25) is 0 Å². The predicted octanol–water partition coefficient (Wildman–Crippen LogP) is 5.42. The van der Waals surface area contributed by atoms with Crippen LogP contribution in [0.1, 0.15) is 97.7 Å². The molecule has 5 nitrogen and oxygen atoms in total. The van der Waals surface area contributed by atoms with Crippen LogP contribution in [0.5, 0.6) is 0 Å². The van der Waals surface area contributed by atoms with Crippen LogP contribution in [-0.4, -0.2) is 41.9 Å². The van der Waals surface area contributed by atoms with Crippen molar-refractivity contribution in [2.75, 3.05) is 13.1 Å². The van der Waals surface area contributed by atoms with Gasteiger partial charge < -0.3 is 14.1 Å².